The SMILES string of the molecule is COC(=O)C[C@@H]1N[C@H](C(F)(F)F)c2ccccc21. The molecule has 1 aromatic carbocycles. The topological polar surface area (TPSA) is 38.3 Å². The molecule has 0 saturated carbocycles. The molecule has 0 bridgehead atoms. The third-order valence-corrected chi connectivity index (χ3v) is 2.98. The fourth-order valence-corrected chi connectivity index (χ4v) is 2.16. The summed E-state index contributed by atoms with van der Waals surface area (Å²) in [4.78, 5) is 11.2. The number of benzene rings is 1. The number of carbonyl (C=O) groups is 1. The van der Waals surface area contributed by atoms with Gasteiger partial charge in [-0.2, -0.15) is 13.2 Å². The molecule has 1 aliphatic heterocycles. The number of rotatable bonds is 2. The normalized spacial score (nSPS) is 22.7. The molecule has 2 rings (SSSR count). The van der Waals surface area contributed by atoms with E-state index < -0.39 is 24.2 Å². The summed E-state index contributed by atoms with van der Waals surface area (Å²) in [6.45, 7) is 0. The summed E-state index contributed by atoms with van der Waals surface area (Å²) in [6, 6.07) is 3.87. The lowest BCUT2D eigenvalue weighted by atomic mass is 10.0. The molecule has 0 unspecified atom stereocenters. The Morgan fingerprint density at radius 3 is 2.50 bits per heavy atom. The number of hydrogen-bond acceptors (Lipinski definition) is 3. The fraction of sp³-hybridized carbons (Fsp3) is 0.417. The molecule has 0 amide bonds. The lowest BCUT2D eigenvalue weighted by Gasteiger charge is -2.17. The van der Waals surface area contributed by atoms with E-state index in [9.17, 15) is 18.0 Å². The van der Waals surface area contributed by atoms with Crippen molar-refractivity contribution in [2.45, 2.75) is 24.7 Å². The van der Waals surface area contributed by atoms with Crippen LogP contribution in [-0.4, -0.2) is 19.3 Å². The first kappa shape index (κ1) is 12.9. The molecule has 98 valence electrons. The van der Waals surface area contributed by atoms with Gasteiger partial charge in [0.2, 0.25) is 0 Å². The Labute approximate surface area is 102 Å². The highest BCUT2D eigenvalue weighted by Gasteiger charge is 2.47. The third kappa shape index (κ3) is 2.33. The summed E-state index contributed by atoms with van der Waals surface area (Å²) in [6.07, 6.45) is -4.49. The van der Waals surface area contributed by atoms with Crippen LogP contribution in [0.4, 0.5) is 13.2 Å². The Bertz CT molecular complexity index is 459. The summed E-state index contributed by atoms with van der Waals surface area (Å²) >= 11 is 0. The van der Waals surface area contributed by atoms with Crippen molar-refractivity contribution in [3.8, 4) is 0 Å². The number of esters is 1. The number of carbonyl (C=O) groups excluding carboxylic acids is 1. The zero-order valence-corrected chi connectivity index (χ0v) is 9.62. The summed E-state index contributed by atoms with van der Waals surface area (Å²) in [5.74, 6) is -0.537. The predicted octanol–water partition coefficient (Wildman–Crippen LogP) is 2.50. The van der Waals surface area contributed by atoms with Crippen molar-refractivity contribution in [3.05, 3.63) is 35.4 Å². The summed E-state index contributed by atoms with van der Waals surface area (Å²) in [5.41, 5.74) is 0.684. The standard InChI is InChI=1S/C12H12F3NO2/c1-18-10(17)6-9-7-4-2-3-5-8(7)11(16-9)12(13,14)15/h2-5,9,11,16H,6H2,1H3/t9-,11-/m0/s1. The van der Waals surface area contributed by atoms with Crippen LogP contribution in [0.15, 0.2) is 24.3 Å². The van der Waals surface area contributed by atoms with E-state index in [0.29, 0.717) is 5.56 Å². The van der Waals surface area contributed by atoms with Gasteiger partial charge in [-0.15, -0.1) is 0 Å². The minimum absolute atomic E-state index is 0.111. The van der Waals surface area contributed by atoms with E-state index in [1.165, 1.54) is 13.2 Å². The van der Waals surface area contributed by atoms with Gasteiger partial charge in [-0.25, -0.2) is 0 Å². The largest absolute Gasteiger partial charge is 0.469 e. The highest BCUT2D eigenvalue weighted by molar-refractivity contribution is 5.70. The Kier molecular flexibility index (Phi) is 3.30. The van der Waals surface area contributed by atoms with Crippen LogP contribution in [-0.2, 0) is 9.53 Å². The Balaban J connectivity index is 2.30. The van der Waals surface area contributed by atoms with Gasteiger partial charge in [-0.1, -0.05) is 24.3 Å². The second kappa shape index (κ2) is 4.61. The maximum atomic E-state index is 12.9. The molecule has 0 saturated heterocycles. The molecular weight excluding hydrogens is 247 g/mol. The zero-order valence-electron chi connectivity index (χ0n) is 9.62. The lowest BCUT2D eigenvalue weighted by Crippen LogP contribution is -2.31. The molecule has 0 fully saturated rings. The number of halogens is 3. The fourth-order valence-electron chi connectivity index (χ4n) is 2.16. The van der Waals surface area contributed by atoms with E-state index in [4.69, 9.17) is 0 Å². The Morgan fingerprint density at radius 2 is 1.94 bits per heavy atom. The van der Waals surface area contributed by atoms with Crippen molar-refractivity contribution in [1.29, 1.82) is 0 Å². The molecule has 6 heteroatoms. The molecule has 1 aromatic rings. The average molecular weight is 259 g/mol. The van der Waals surface area contributed by atoms with E-state index in [2.05, 4.69) is 10.1 Å². The number of alkyl halides is 3. The van der Waals surface area contributed by atoms with Crippen LogP contribution in [0.25, 0.3) is 0 Å². The van der Waals surface area contributed by atoms with Gasteiger partial charge < -0.3 is 4.74 Å². The smallest absolute Gasteiger partial charge is 0.407 e. The number of ether oxygens (including phenoxy) is 1. The van der Waals surface area contributed by atoms with Gasteiger partial charge in [-0.3, -0.25) is 10.1 Å². The first-order valence-electron chi connectivity index (χ1n) is 5.42. The zero-order chi connectivity index (χ0) is 13.3. The molecule has 0 radical (unpaired) electrons. The van der Waals surface area contributed by atoms with E-state index in [1.54, 1.807) is 18.2 Å². The first-order valence-corrected chi connectivity index (χ1v) is 5.42. The minimum atomic E-state index is -4.37. The molecule has 3 nitrogen and oxygen atoms in total. The summed E-state index contributed by atoms with van der Waals surface area (Å²) in [7, 11) is 1.21. The molecule has 1 heterocycles. The molecular formula is C12H12F3NO2. The van der Waals surface area contributed by atoms with Crippen LogP contribution < -0.4 is 5.32 Å². The second-order valence-corrected chi connectivity index (χ2v) is 4.10. The van der Waals surface area contributed by atoms with E-state index >= 15 is 0 Å². The molecule has 0 spiro atoms. The van der Waals surface area contributed by atoms with Gasteiger partial charge in [0.25, 0.3) is 0 Å². The van der Waals surface area contributed by atoms with Gasteiger partial charge >= 0.3 is 12.1 Å². The third-order valence-electron chi connectivity index (χ3n) is 2.98. The molecule has 0 aliphatic carbocycles. The quantitative estimate of drug-likeness (QED) is 0.829. The minimum Gasteiger partial charge on any atom is -0.469 e. The molecule has 2 atom stereocenters. The van der Waals surface area contributed by atoms with Crippen molar-refractivity contribution >= 4 is 5.97 Å². The Morgan fingerprint density at radius 1 is 1.33 bits per heavy atom. The van der Waals surface area contributed by atoms with Crippen molar-refractivity contribution in [3.63, 3.8) is 0 Å². The maximum Gasteiger partial charge on any atom is 0.407 e. The van der Waals surface area contributed by atoms with Crippen LogP contribution in [0, 0.1) is 0 Å². The van der Waals surface area contributed by atoms with E-state index in [-0.39, 0.29) is 12.0 Å². The van der Waals surface area contributed by atoms with E-state index in [0.717, 1.165) is 0 Å². The number of methoxy groups -OCH3 is 1. The first-order chi connectivity index (χ1) is 8.43. The van der Waals surface area contributed by atoms with Crippen LogP contribution in [0.3, 0.4) is 0 Å². The highest BCUT2D eigenvalue weighted by atomic mass is 19.4. The van der Waals surface area contributed by atoms with Crippen LogP contribution in [0.1, 0.15) is 29.6 Å². The lowest BCUT2D eigenvalue weighted by molar-refractivity contribution is -0.158. The van der Waals surface area contributed by atoms with Crippen LogP contribution >= 0.6 is 0 Å². The van der Waals surface area contributed by atoms with Crippen molar-refractivity contribution < 1.29 is 22.7 Å². The maximum absolute atomic E-state index is 12.9. The second-order valence-electron chi connectivity index (χ2n) is 4.10. The number of nitrogens with one attached hydrogen (secondary N) is 1. The van der Waals surface area contributed by atoms with Gasteiger partial charge in [-0.05, 0) is 11.1 Å². The van der Waals surface area contributed by atoms with Crippen molar-refractivity contribution in [2.75, 3.05) is 7.11 Å². The number of hydrogen-bond donors (Lipinski definition) is 1. The van der Waals surface area contributed by atoms with E-state index in [1.807, 2.05) is 0 Å². The molecule has 1 aliphatic rings. The van der Waals surface area contributed by atoms with Crippen molar-refractivity contribution in [2.24, 2.45) is 0 Å². The summed E-state index contributed by atoms with van der Waals surface area (Å²) < 4.78 is 43.0. The van der Waals surface area contributed by atoms with Gasteiger partial charge in [0.15, 0.2) is 0 Å². The number of fused-ring (bicyclic) bond motifs is 1. The van der Waals surface area contributed by atoms with Crippen molar-refractivity contribution in [1.82, 2.24) is 5.32 Å². The van der Waals surface area contributed by atoms with Crippen LogP contribution in [0.5, 0.6) is 0 Å². The average Bonchev–Trinajstić information content (AvgIpc) is 2.68. The Hall–Kier alpha value is -1.56. The molecule has 0 aromatic heterocycles. The monoisotopic (exact) mass is 259 g/mol. The van der Waals surface area contributed by atoms with Gasteiger partial charge in [0, 0.05) is 6.04 Å². The summed E-state index contributed by atoms with van der Waals surface area (Å²) in [5, 5.41) is 2.44. The van der Waals surface area contributed by atoms with Gasteiger partial charge in [0.1, 0.15) is 6.04 Å². The predicted molar refractivity (Wildman–Crippen MR) is 57.7 cm³/mol. The van der Waals surface area contributed by atoms with Gasteiger partial charge in [0.05, 0.1) is 13.5 Å². The molecule has 18 heavy (non-hydrogen) atoms. The highest BCUT2D eigenvalue weighted by Crippen LogP contribution is 2.43. The molecule has 1 N–H and O–H groups in total. The van der Waals surface area contributed by atoms with Crippen LogP contribution in [0.2, 0.25) is 0 Å².